The number of phenolic OH excluding ortho intramolecular Hbond substituents is 1. The second kappa shape index (κ2) is 8.05. The van der Waals surface area contributed by atoms with Crippen LogP contribution in [0.3, 0.4) is 0 Å². The normalized spacial score (nSPS) is 9.92. The second-order valence-electron chi connectivity index (χ2n) is 5.01. The molecule has 2 N–H and O–H groups in total. The maximum Gasteiger partial charge on any atom is 0.262 e. The monoisotopic (exact) mass is 340 g/mol. The molecule has 0 fully saturated rings. The fraction of sp³-hybridized carbons (Fsp3) is 0.222. The summed E-state index contributed by atoms with van der Waals surface area (Å²) in [6.07, 6.45) is 1.65. The molecule has 2 aromatic heterocycles. The lowest BCUT2D eigenvalue weighted by Gasteiger charge is -2.05. The van der Waals surface area contributed by atoms with E-state index in [4.69, 9.17) is 4.52 Å². The fourth-order valence-electron chi connectivity index (χ4n) is 2.14. The lowest BCUT2D eigenvalue weighted by molar-refractivity contribution is -0.114. The van der Waals surface area contributed by atoms with Crippen molar-refractivity contribution in [2.24, 2.45) is 0 Å². The maximum absolute atomic E-state index is 11.1. The van der Waals surface area contributed by atoms with Crippen molar-refractivity contribution in [3.63, 3.8) is 0 Å². The minimum Gasteiger partial charge on any atom is -0.507 e. The zero-order valence-corrected chi connectivity index (χ0v) is 14.6. The van der Waals surface area contributed by atoms with Gasteiger partial charge in [-0.3, -0.25) is 9.78 Å². The van der Waals surface area contributed by atoms with Gasteiger partial charge < -0.3 is 14.9 Å². The number of aromatic nitrogens is 3. The minimum atomic E-state index is -0.211. The third-order valence-electron chi connectivity index (χ3n) is 3.19. The van der Waals surface area contributed by atoms with Crippen LogP contribution in [0, 0.1) is 6.92 Å². The molecular weight excluding hydrogens is 320 g/mol. The molecule has 0 spiro atoms. The van der Waals surface area contributed by atoms with Gasteiger partial charge in [0, 0.05) is 18.8 Å². The van der Waals surface area contributed by atoms with Crippen LogP contribution in [0.5, 0.6) is 5.75 Å². The molecule has 0 bridgehead atoms. The Bertz CT molecular complexity index is 874. The number of hydrogen-bond donors (Lipinski definition) is 2. The predicted molar refractivity (Wildman–Crippen MR) is 95.0 cm³/mol. The number of amides is 1. The van der Waals surface area contributed by atoms with E-state index in [-0.39, 0.29) is 17.5 Å². The lowest BCUT2D eigenvalue weighted by Crippen LogP contribution is -2.05. The van der Waals surface area contributed by atoms with Gasteiger partial charge in [-0.1, -0.05) is 25.1 Å². The summed E-state index contributed by atoms with van der Waals surface area (Å²) in [6, 6.07) is 8.33. The Morgan fingerprint density at radius 3 is 2.68 bits per heavy atom. The van der Waals surface area contributed by atoms with Gasteiger partial charge in [-0.25, -0.2) is 0 Å². The number of nitrogens with one attached hydrogen (secondary N) is 1. The first-order chi connectivity index (χ1) is 12.0. The number of pyridine rings is 1. The Labute approximate surface area is 145 Å². The molecule has 0 aliphatic heterocycles. The quantitative estimate of drug-likeness (QED) is 0.703. The van der Waals surface area contributed by atoms with Gasteiger partial charge in [0.25, 0.3) is 5.89 Å². The van der Waals surface area contributed by atoms with Crippen LogP contribution in [0.15, 0.2) is 41.1 Å². The molecule has 7 nitrogen and oxygen atoms in total. The van der Waals surface area contributed by atoms with E-state index >= 15 is 0 Å². The molecule has 7 heteroatoms. The molecule has 0 unspecified atom stereocenters. The van der Waals surface area contributed by atoms with Gasteiger partial charge in [0.15, 0.2) is 0 Å². The van der Waals surface area contributed by atoms with E-state index in [9.17, 15) is 9.90 Å². The summed E-state index contributed by atoms with van der Waals surface area (Å²) in [7, 11) is 0. The Morgan fingerprint density at radius 2 is 2.00 bits per heavy atom. The second-order valence-corrected chi connectivity index (χ2v) is 5.01. The molecule has 0 aliphatic rings. The number of hydrogen-bond acceptors (Lipinski definition) is 6. The molecular formula is C18H20N4O3. The number of nitrogens with zero attached hydrogens (tertiary/aromatic N) is 3. The van der Waals surface area contributed by atoms with Gasteiger partial charge >= 0.3 is 0 Å². The maximum atomic E-state index is 11.1. The third kappa shape index (κ3) is 4.20. The van der Waals surface area contributed by atoms with Crippen LogP contribution in [0.4, 0.5) is 5.69 Å². The molecule has 2 heterocycles. The van der Waals surface area contributed by atoms with Gasteiger partial charge in [0.05, 0.1) is 5.56 Å². The van der Waals surface area contributed by atoms with E-state index < -0.39 is 0 Å². The van der Waals surface area contributed by atoms with Gasteiger partial charge in [-0.15, -0.1) is 0 Å². The van der Waals surface area contributed by atoms with Crippen molar-refractivity contribution < 1.29 is 14.4 Å². The van der Waals surface area contributed by atoms with Crippen molar-refractivity contribution in [3.05, 3.63) is 42.1 Å². The standard InChI is InChI=1S/C16H14N4O3.C2H6/c1-9-4-3-7-17-14(9)15-19-16(23-20-15)12-8-11(18-10(2)21)5-6-13(12)22;1-2/h3-8,22H,1-2H3,(H,18,21);1-2H3. The fourth-order valence-corrected chi connectivity index (χ4v) is 2.14. The van der Waals surface area contributed by atoms with Crippen molar-refractivity contribution in [2.75, 3.05) is 5.32 Å². The van der Waals surface area contributed by atoms with Gasteiger partial charge in [-0.05, 0) is 36.8 Å². The zero-order valence-electron chi connectivity index (χ0n) is 14.6. The highest BCUT2D eigenvalue weighted by Crippen LogP contribution is 2.32. The Morgan fingerprint density at radius 1 is 1.24 bits per heavy atom. The van der Waals surface area contributed by atoms with E-state index in [0.717, 1.165) is 5.56 Å². The smallest absolute Gasteiger partial charge is 0.262 e. The number of carbonyl (C=O) groups is 1. The van der Waals surface area contributed by atoms with E-state index in [1.54, 1.807) is 18.3 Å². The van der Waals surface area contributed by atoms with Crippen LogP contribution >= 0.6 is 0 Å². The van der Waals surface area contributed by atoms with Crippen molar-refractivity contribution in [3.8, 4) is 28.7 Å². The molecule has 0 saturated carbocycles. The predicted octanol–water partition coefficient (Wildman–Crippen LogP) is 3.80. The van der Waals surface area contributed by atoms with E-state index in [2.05, 4.69) is 20.4 Å². The van der Waals surface area contributed by atoms with Crippen molar-refractivity contribution in [1.82, 2.24) is 15.1 Å². The highest BCUT2D eigenvalue weighted by Gasteiger charge is 2.16. The van der Waals surface area contributed by atoms with E-state index in [1.165, 1.54) is 13.0 Å². The number of phenols is 1. The highest BCUT2D eigenvalue weighted by molar-refractivity contribution is 5.89. The molecule has 0 radical (unpaired) electrons. The molecule has 25 heavy (non-hydrogen) atoms. The van der Waals surface area contributed by atoms with Crippen LogP contribution in [0.25, 0.3) is 23.0 Å². The number of benzene rings is 1. The van der Waals surface area contributed by atoms with Crippen molar-refractivity contribution in [1.29, 1.82) is 0 Å². The van der Waals surface area contributed by atoms with E-state index in [0.29, 0.717) is 22.8 Å². The molecule has 3 rings (SSSR count). The van der Waals surface area contributed by atoms with Crippen LogP contribution in [0.1, 0.15) is 26.3 Å². The highest BCUT2D eigenvalue weighted by atomic mass is 16.5. The summed E-state index contributed by atoms with van der Waals surface area (Å²) in [5.41, 5.74) is 2.39. The first-order valence-electron chi connectivity index (χ1n) is 7.91. The minimum absolute atomic E-state index is 0.0213. The largest absolute Gasteiger partial charge is 0.507 e. The number of aromatic hydroxyl groups is 1. The summed E-state index contributed by atoms with van der Waals surface area (Å²) < 4.78 is 5.23. The van der Waals surface area contributed by atoms with Crippen LogP contribution in [-0.2, 0) is 4.79 Å². The van der Waals surface area contributed by atoms with Gasteiger partial charge in [0.1, 0.15) is 11.4 Å². The summed E-state index contributed by atoms with van der Waals surface area (Å²) in [5.74, 6) is 0.251. The van der Waals surface area contributed by atoms with Crippen molar-refractivity contribution >= 4 is 11.6 Å². The third-order valence-corrected chi connectivity index (χ3v) is 3.19. The van der Waals surface area contributed by atoms with Crippen LogP contribution < -0.4 is 5.32 Å². The molecule has 130 valence electrons. The molecule has 0 aliphatic carbocycles. The number of carbonyl (C=O) groups excluding carboxylic acids is 1. The van der Waals surface area contributed by atoms with Crippen molar-refractivity contribution in [2.45, 2.75) is 27.7 Å². The molecule has 0 atom stereocenters. The first-order valence-corrected chi connectivity index (χ1v) is 7.91. The van der Waals surface area contributed by atoms with E-state index in [1.807, 2.05) is 32.9 Å². The summed E-state index contributed by atoms with van der Waals surface area (Å²) in [6.45, 7) is 7.30. The number of rotatable bonds is 3. The molecule has 1 aromatic carbocycles. The molecule has 1 amide bonds. The van der Waals surface area contributed by atoms with Crippen LogP contribution in [0.2, 0.25) is 0 Å². The summed E-state index contributed by atoms with van der Waals surface area (Å²) in [4.78, 5) is 19.6. The Balaban J connectivity index is 0.00000109. The number of anilines is 1. The summed E-state index contributed by atoms with van der Waals surface area (Å²) in [5, 5.41) is 16.5. The average Bonchev–Trinajstić information content (AvgIpc) is 3.08. The van der Waals surface area contributed by atoms with Crippen LogP contribution in [-0.4, -0.2) is 26.1 Å². The average molecular weight is 340 g/mol. The lowest BCUT2D eigenvalue weighted by atomic mass is 10.1. The Hall–Kier alpha value is -3.22. The molecule has 0 saturated heterocycles. The SMILES string of the molecule is CC.CC(=O)Nc1ccc(O)c(-c2nc(-c3ncccc3C)no2)c1. The zero-order chi connectivity index (χ0) is 18.4. The van der Waals surface area contributed by atoms with Gasteiger partial charge in [0.2, 0.25) is 11.7 Å². The summed E-state index contributed by atoms with van der Waals surface area (Å²) >= 11 is 0. The topological polar surface area (TPSA) is 101 Å². The van der Waals surface area contributed by atoms with Gasteiger partial charge in [-0.2, -0.15) is 4.98 Å². The first kappa shape index (κ1) is 18.1. The Kier molecular flexibility index (Phi) is 5.84. The molecule has 3 aromatic rings. The number of aryl methyl sites for hydroxylation is 1.